The lowest BCUT2D eigenvalue weighted by Crippen LogP contribution is -2.31. The van der Waals surface area contributed by atoms with Crippen molar-refractivity contribution in [2.45, 2.75) is 58.4 Å². The van der Waals surface area contributed by atoms with Crippen LogP contribution in [-0.2, 0) is 6.42 Å². The molecule has 0 bridgehead atoms. The van der Waals surface area contributed by atoms with Crippen molar-refractivity contribution in [1.29, 1.82) is 0 Å². The van der Waals surface area contributed by atoms with Crippen LogP contribution in [0.4, 0.5) is 14.5 Å². The summed E-state index contributed by atoms with van der Waals surface area (Å²) < 4.78 is 26.1. The Labute approximate surface area is 131 Å². The maximum Gasteiger partial charge on any atom is 0.254 e. The van der Waals surface area contributed by atoms with Gasteiger partial charge in [0.2, 0.25) is 0 Å². The molecule has 0 radical (unpaired) electrons. The molecule has 3 heteroatoms. The maximum atomic E-state index is 13.0. The minimum Gasteiger partial charge on any atom is -0.369 e. The second-order valence-electron chi connectivity index (χ2n) is 6.75. The summed E-state index contributed by atoms with van der Waals surface area (Å²) in [5.41, 5.74) is 2.40. The van der Waals surface area contributed by atoms with Crippen LogP contribution in [0.25, 0.3) is 0 Å². The fraction of sp³-hybridized carbons (Fsp3) is 0.579. The molecular formula is C19H23F2N. The van der Waals surface area contributed by atoms with E-state index >= 15 is 0 Å². The van der Waals surface area contributed by atoms with Crippen molar-refractivity contribution in [3.05, 3.63) is 29.3 Å². The summed E-state index contributed by atoms with van der Waals surface area (Å²) in [6.07, 6.45) is 2.03. The van der Waals surface area contributed by atoms with Gasteiger partial charge < -0.3 is 4.90 Å². The summed E-state index contributed by atoms with van der Waals surface area (Å²) in [7, 11) is 0. The van der Waals surface area contributed by atoms with E-state index in [0.29, 0.717) is 18.9 Å². The highest BCUT2D eigenvalue weighted by atomic mass is 19.3. The topological polar surface area (TPSA) is 3.24 Å². The van der Waals surface area contributed by atoms with Crippen molar-refractivity contribution < 1.29 is 8.78 Å². The molecule has 0 spiro atoms. The van der Waals surface area contributed by atoms with Gasteiger partial charge in [-0.3, -0.25) is 0 Å². The average molecular weight is 303 g/mol. The van der Waals surface area contributed by atoms with Crippen LogP contribution >= 0.6 is 0 Å². The zero-order valence-electron chi connectivity index (χ0n) is 13.3. The average Bonchev–Trinajstić information content (AvgIpc) is 3.28. The quantitative estimate of drug-likeness (QED) is 0.720. The van der Waals surface area contributed by atoms with Crippen molar-refractivity contribution in [3.8, 4) is 11.8 Å². The number of halogens is 2. The van der Waals surface area contributed by atoms with E-state index in [1.54, 1.807) is 0 Å². The first-order valence-electron chi connectivity index (χ1n) is 8.23. The Balaban J connectivity index is 1.97. The molecule has 0 atom stereocenters. The van der Waals surface area contributed by atoms with Gasteiger partial charge in [-0.2, -0.15) is 0 Å². The first-order valence-corrected chi connectivity index (χ1v) is 8.23. The van der Waals surface area contributed by atoms with Gasteiger partial charge in [0, 0.05) is 23.8 Å². The van der Waals surface area contributed by atoms with Gasteiger partial charge in [0.05, 0.1) is 5.41 Å². The van der Waals surface area contributed by atoms with Gasteiger partial charge in [-0.05, 0) is 63.6 Å². The maximum absolute atomic E-state index is 13.0. The Hall–Kier alpha value is -1.56. The third kappa shape index (κ3) is 2.84. The standard InChI is InChI=1S/C19H23F2N/c1-14(2)22-13-4-3-7-16-15(6-5-8-17(16)22)9-10-19(11-12-19)18(20)21/h5-6,8,14,18H,3-4,7,11-13H2,1-2H3. The molecule has 3 rings (SSSR count). The second-order valence-corrected chi connectivity index (χ2v) is 6.75. The lowest BCUT2D eigenvalue weighted by Gasteiger charge is -2.29. The van der Waals surface area contributed by atoms with Gasteiger partial charge >= 0.3 is 0 Å². The highest BCUT2D eigenvalue weighted by Crippen LogP contribution is 2.50. The van der Waals surface area contributed by atoms with E-state index in [1.807, 2.05) is 12.1 Å². The summed E-state index contributed by atoms with van der Waals surface area (Å²) in [4.78, 5) is 2.41. The molecule has 1 heterocycles. The molecule has 0 unspecified atom stereocenters. The normalized spacial score (nSPS) is 19.5. The number of nitrogens with zero attached hydrogens (tertiary/aromatic N) is 1. The first kappa shape index (κ1) is 15.3. The number of hydrogen-bond acceptors (Lipinski definition) is 1. The van der Waals surface area contributed by atoms with E-state index in [2.05, 4.69) is 36.7 Å². The van der Waals surface area contributed by atoms with Crippen LogP contribution in [0.1, 0.15) is 50.7 Å². The lowest BCUT2D eigenvalue weighted by atomic mass is 9.99. The summed E-state index contributed by atoms with van der Waals surface area (Å²) in [5, 5.41) is 0. The molecule has 0 aromatic heterocycles. The van der Waals surface area contributed by atoms with Crippen LogP contribution in [0.2, 0.25) is 0 Å². The predicted molar refractivity (Wildman–Crippen MR) is 86.4 cm³/mol. The van der Waals surface area contributed by atoms with E-state index in [9.17, 15) is 8.78 Å². The zero-order chi connectivity index (χ0) is 15.7. The van der Waals surface area contributed by atoms with Gasteiger partial charge in [-0.25, -0.2) is 8.78 Å². The van der Waals surface area contributed by atoms with Crippen molar-refractivity contribution >= 4 is 5.69 Å². The molecule has 0 amide bonds. The number of rotatable bonds is 2. The minimum absolute atomic E-state index is 0.441. The second kappa shape index (κ2) is 5.91. The van der Waals surface area contributed by atoms with Gasteiger partial charge in [0.1, 0.15) is 0 Å². The number of benzene rings is 1. The highest BCUT2D eigenvalue weighted by Gasteiger charge is 2.50. The molecule has 1 aliphatic carbocycles. The Morgan fingerprint density at radius 2 is 1.95 bits per heavy atom. The minimum atomic E-state index is -2.32. The smallest absolute Gasteiger partial charge is 0.254 e. The zero-order valence-corrected chi connectivity index (χ0v) is 13.3. The molecule has 1 aromatic carbocycles. The van der Waals surface area contributed by atoms with E-state index in [-0.39, 0.29) is 0 Å². The van der Waals surface area contributed by atoms with E-state index in [0.717, 1.165) is 24.9 Å². The van der Waals surface area contributed by atoms with Crippen LogP contribution in [0, 0.1) is 17.3 Å². The Morgan fingerprint density at radius 3 is 2.59 bits per heavy atom. The van der Waals surface area contributed by atoms with E-state index in [1.165, 1.54) is 17.7 Å². The van der Waals surface area contributed by atoms with Gasteiger partial charge in [-0.1, -0.05) is 17.9 Å². The van der Waals surface area contributed by atoms with E-state index < -0.39 is 11.8 Å². The van der Waals surface area contributed by atoms with Crippen LogP contribution in [0.3, 0.4) is 0 Å². The number of anilines is 1. The summed E-state index contributed by atoms with van der Waals surface area (Å²) >= 11 is 0. The fourth-order valence-corrected chi connectivity index (χ4v) is 3.19. The monoisotopic (exact) mass is 303 g/mol. The van der Waals surface area contributed by atoms with Crippen LogP contribution in [0.5, 0.6) is 0 Å². The predicted octanol–water partition coefficient (Wildman–Crippen LogP) is 4.63. The molecule has 0 N–H and O–H groups in total. The van der Waals surface area contributed by atoms with Gasteiger partial charge in [-0.15, -0.1) is 0 Å². The highest BCUT2D eigenvalue weighted by molar-refractivity contribution is 5.62. The van der Waals surface area contributed by atoms with Crippen molar-refractivity contribution in [3.63, 3.8) is 0 Å². The van der Waals surface area contributed by atoms with Crippen molar-refractivity contribution in [2.24, 2.45) is 5.41 Å². The lowest BCUT2D eigenvalue weighted by molar-refractivity contribution is 0.0921. The van der Waals surface area contributed by atoms with Crippen molar-refractivity contribution in [2.75, 3.05) is 11.4 Å². The number of alkyl halides is 2. The molecule has 118 valence electrons. The number of hydrogen-bond donors (Lipinski definition) is 0. The largest absolute Gasteiger partial charge is 0.369 e. The molecule has 1 nitrogen and oxygen atoms in total. The molecule has 2 aliphatic rings. The summed E-state index contributed by atoms with van der Waals surface area (Å²) in [6, 6.07) is 6.57. The Morgan fingerprint density at radius 1 is 1.18 bits per heavy atom. The third-order valence-electron chi connectivity index (χ3n) is 4.81. The van der Waals surface area contributed by atoms with Gasteiger partial charge in [0.15, 0.2) is 0 Å². The third-order valence-corrected chi connectivity index (χ3v) is 4.81. The van der Waals surface area contributed by atoms with Crippen LogP contribution < -0.4 is 4.90 Å². The number of fused-ring (bicyclic) bond motifs is 1. The SMILES string of the molecule is CC(C)N1CCCCc2c(C#CC3(C(F)F)CC3)cccc21. The van der Waals surface area contributed by atoms with Crippen LogP contribution in [0.15, 0.2) is 18.2 Å². The molecule has 22 heavy (non-hydrogen) atoms. The molecule has 1 saturated carbocycles. The molecule has 1 aromatic rings. The molecule has 1 aliphatic heterocycles. The molecule has 1 fully saturated rings. The molecule has 0 saturated heterocycles. The first-order chi connectivity index (χ1) is 10.5. The van der Waals surface area contributed by atoms with Crippen LogP contribution in [-0.4, -0.2) is 19.0 Å². The fourth-order valence-electron chi connectivity index (χ4n) is 3.19. The summed E-state index contributed by atoms with van der Waals surface area (Å²) in [5.74, 6) is 5.97. The Bertz CT molecular complexity index is 606. The Kier molecular flexibility index (Phi) is 4.12. The summed E-state index contributed by atoms with van der Waals surface area (Å²) in [6.45, 7) is 5.45. The van der Waals surface area contributed by atoms with Crippen molar-refractivity contribution in [1.82, 2.24) is 0 Å². The van der Waals surface area contributed by atoms with Gasteiger partial charge in [0.25, 0.3) is 6.43 Å². The molecular weight excluding hydrogens is 280 g/mol. The van der Waals surface area contributed by atoms with E-state index in [4.69, 9.17) is 0 Å².